The number of hydrogen-bond donors (Lipinski definition) is 0. The molecule has 0 spiro atoms. The summed E-state index contributed by atoms with van der Waals surface area (Å²) in [6.45, 7) is 3.37. The number of nitrogens with zero attached hydrogens (tertiary/aromatic N) is 1. The van der Waals surface area contributed by atoms with Crippen LogP contribution in [0.2, 0.25) is 0 Å². The second-order valence-corrected chi connectivity index (χ2v) is 11.3. The van der Waals surface area contributed by atoms with E-state index in [4.69, 9.17) is 0 Å². The summed E-state index contributed by atoms with van der Waals surface area (Å²) in [5.41, 5.74) is 2.78. The van der Waals surface area contributed by atoms with E-state index >= 15 is 0 Å². The van der Waals surface area contributed by atoms with Crippen molar-refractivity contribution < 1.29 is 0 Å². The minimum Gasteiger partial charge on any atom is -0.340 e. The molecule has 3 heterocycles. The van der Waals surface area contributed by atoms with Gasteiger partial charge < -0.3 is 4.57 Å². The normalized spacial score (nSPS) is 12.4. The molecule has 7 rings (SSSR count). The molecule has 0 fully saturated rings. The Hall–Kier alpha value is -2.88. The molecule has 0 radical (unpaired) electrons. The van der Waals surface area contributed by atoms with Gasteiger partial charge in [-0.25, -0.2) is 0 Å². The number of benzene rings is 4. The Kier molecular flexibility index (Phi) is 4.50. The van der Waals surface area contributed by atoms with Crippen LogP contribution in [-0.2, 0) is 6.54 Å². The van der Waals surface area contributed by atoms with Crippen LogP contribution in [-0.4, -0.2) is 4.57 Å². The van der Waals surface area contributed by atoms with Crippen LogP contribution in [0.1, 0.15) is 32.6 Å². The van der Waals surface area contributed by atoms with Crippen LogP contribution in [0.15, 0.2) is 72.8 Å². The number of thiophene rings is 2. The highest BCUT2D eigenvalue weighted by Crippen LogP contribution is 2.43. The van der Waals surface area contributed by atoms with Gasteiger partial charge in [0.15, 0.2) is 0 Å². The Morgan fingerprint density at radius 2 is 1.09 bits per heavy atom. The summed E-state index contributed by atoms with van der Waals surface area (Å²) in [4.78, 5) is 0. The van der Waals surface area contributed by atoms with Crippen LogP contribution in [0.4, 0.5) is 0 Å². The van der Waals surface area contributed by atoms with Gasteiger partial charge in [-0.2, -0.15) is 0 Å². The minimum atomic E-state index is 1.08. The predicted octanol–water partition coefficient (Wildman–Crippen LogP) is 10.1. The molecule has 0 N–H and O–H groups in total. The van der Waals surface area contributed by atoms with E-state index in [1.54, 1.807) is 0 Å². The molecule has 162 valence electrons. The van der Waals surface area contributed by atoms with Gasteiger partial charge in [0.25, 0.3) is 0 Å². The zero-order valence-corrected chi connectivity index (χ0v) is 20.4. The van der Waals surface area contributed by atoms with Crippen molar-refractivity contribution in [2.45, 2.75) is 39.2 Å². The Balaban J connectivity index is 1.56. The SMILES string of the molecule is CCCCCCn1c2cc3c(cc2c2cc4sc5ccccc5c4cc21)sc1ccccc13. The summed E-state index contributed by atoms with van der Waals surface area (Å²) >= 11 is 3.84. The molecule has 1 nitrogen and oxygen atoms in total. The van der Waals surface area contributed by atoms with Gasteiger partial charge in [0, 0.05) is 68.7 Å². The lowest BCUT2D eigenvalue weighted by molar-refractivity contribution is 0.602. The van der Waals surface area contributed by atoms with Gasteiger partial charge in [-0.1, -0.05) is 62.6 Å². The highest BCUT2D eigenvalue weighted by atomic mass is 32.1. The summed E-state index contributed by atoms with van der Waals surface area (Å²) < 4.78 is 8.16. The zero-order chi connectivity index (χ0) is 21.9. The van der Waals surface area contributed by atoms with Gasteiger partial charge in [0.05, 0.1) is 0 Å². The summed E-state index contributed by atoms with van der Waals surface area (Å²) in [6.07, 6.45) is 5.12. The van der Waals surface area contributed by atoms with E-state index in [0.717, 1.165) is 6.54 Å². The number of aromatic nitrogens is 1. The molecule has 0 bridgehead atoms. The third kappa shape index (κ3) is 2.96. The fraction of sp³-hybridized carbons (Fsp3) is 0.200. The van der Waals surface area contributed by atoms with Gasteiger partial charge in [0.1, 0.15) is 0 Å². The number of aryl methyl sites for hydroxylation is 1. The first-order chi connectivity index (χ1) is 16.3. The molecule has 0 aliphatic carbocycles. The Morgan fingerprint density at radius 3 is 1.64 bits per heavy atom. The fourth-order valence-corrected chi connectivity index (χ4v) is 7.72. The van der Waals surface area contributed by atoms with Crippen molar-refractivity contribution in [2.24, 2.45) is 0 Å². The monoisotopic (exact) mass is 463 g/mol. The predicted molar refractivity (Wildman–Crippen MR) is 149 cm³/mol. The highest BCUT2D eigenvalue weighted by Gasteiger charge is 2.16. The molecule has 3 aromatic heterocycles. The minimum absolute atomic E-state index is 1.08. The van der Waals surface area contributed by atoms with Gasteiger partial charge in [-0.3, -0.25) is 0 Å². The lowest BCUT2D eigenvalue weighted by atomic mass is 10.1. The Bertz CT molecular complexity index is 1680. The van der Waals surface area contributed by atoms with Gasteiger partial charge in [-0.15, -0.1) is 22.7 Å². The molecule has 0 amide bonds. The van der Waals surface area contributed by atoms with Gasteiger partial charge in [0.2, 0.25) is 0 Å². The van der Waals surface area contributed by atoms with Gasteiger partial charge in [-0.05, 0) is 42.8 Å². The Labute approximate surface area is 200 Å². The van der Waals surface area contributed by atoms with Crippen molar-refractivity contribution in [1.29, 1.82) is 0 Å². The molecule has 4 aromatic carbocycles. The molecule has 0 saturated carbocycles. The third-order valence-electron chi connectivity index (χ3n) is 7.10. The third-order valence-corrected chi connectivity index (χ3v) is 9.36. The summed E-state index contributed by atoms with van der Waals surface area (Å²) in [5, 5.41) is 8.36. The number of rotatable bonds is 5. The standard InChI is InChI=1S/C30H25NS2/c1-2-3-4-9-14-31-25-15-23-19-10-5-7-12-27(19)32-29(23)17-21(25)22-18-30-24(16-26(22)31)20-11-6-8-13-28(20)33-30/h5-8,10-13,15-18H,2-4,9,14H2,1H3. The van der Waals surface area contributed by atoms with Gasteiger partial charge >= 0.3 is 0 Å². The van der Waals surface area contributed by atoms with Crippen molar-refractivity contribution >= 4 is 84.8 Å². The molecule has 0 atom stereocenters. The van der Waals surface area contributed by atoms with E-state index in [0.29, 0.717) is 0 Å². The maximum Gasteiger partial charge on any atom is 0.0498 e. The maximum atomic E-state index is 2.61. The first kappa shape index (κ1) is 19.6. The molecular weight excluding hydrogens is 438 g/mol. The highest BCUT2D eigenvalue weighted by molar-refractivity contribution is 7.26. The lowest BCUT2D eigenvalue weighted by Gasteiger charge is -2.08. The van der Waals surface area contributed by atoms with E-state index in [-0.39, 0.29) is 0 Å². The van der Waals surface area contributed by atoms with Crippen molar-refractivity contribution in [1.82, 2.24) is 4.57 Å². The number of hydrogen-bond acceptors (Lipinski definition) is 2. The lowest BCUT2D eigenvalue weighted by Crippen LogP contribution is -1.97. The molecule has 0 saturated heterocycles. The molecule has 0 unspecified atom stereocenters. The van der Waals surface area contributed by atoms with E-state index in [1.807, 2.05) is 22.7 Å². The van der Waals surface area contributed by atoms with E-state index in [9.17, 15) is 0 Å². The second kappa shape index (κ2) is 7.58. The number of unbranched alkanes of at least 4 members (excludes halogenated alkanes) is 3. The molecular formula is C30H25NS2. The summed E-state index contributed by atoms with van der Waals surface area (Å²) in [5.74, 6) is 0. The zero-order valence-electron chi connectivity index (χ0n) is 18.7. The molecule has 0 aliphatic rings. The average molecular weight is 464 g/mol. The number of fused-ring (bicyclic) bond motifs is 9. The quantitative estimate of drug-likeness (QED) is 0.224. The Morgan fingerprint density at radius 1 is 0.545 bits per heavy atom. The topological polar surface area (TPSA) is 4.93 Å². The van der Waals surface area contributed by atoms with Crippen LogP contribution in [0, 0.1) is 0 Å². The van der Waals surface area contributed by atoms with E-state index < -0.39 is 0 Å². The van der Waals surface area contributed by atoms with E-state index in [1.165, 1.54) is 87.8 Å². The summed E-state index contributed by atoms with van der Waals surface area (Å²) in [6, 6.07) is 27.5. The van der Waals surface area contributed by atoms with E-state index in [2.05, 4.69) is 84.3 Å². The molecule has 3 heteroatoms. The largest absolute Gasteiger partial charge is 0.340 e. The van der Waals surface area contributed by atoms with Crippen molar-refractivity contribution in [2.75, 3.05) is 0 Å². The first-order valence-corrected chi connectivity index (χ1v) is 13.6. The van der Waals surface area contributed by atoms with Crippen molar-refractivity contribution in [3.63, 3.8) is 0 Å². The molecule has 0 aliphatic heterocycles. The molecule has 7 aromatic rings. The van der Waals surface area contributed by atoms with Crippen LogP contribution in [0.5, 0.6) is 0 Å². The first-order valence-electron chi connectivity index (χ1n) is 12.0. The van der Waals surface area contributed by atoms with Crippen LogP contribution in [0.25, 0.3) is 62.2 Å². The molecule has 33 heavy (non-hydrogen) atoms. The smallest absolute Gasteiger partial charge is 0.0498 e. The summed E-state index contributed by atoms with van der Waals surface area (Å²) in [7, 11) is 0. The van der Waals surface area contributed by atoms with Crippen LogP contribution in [0.3, 0.4) is 0 Å². The second-order valence-electron chi connectivity index (χ2n) is 9.14. The van der Waals surface area contributed by atoms with Crippen molar-refractivity contribution in [3.05, 3.63) is 72.8 Å². The fourth-order valence-electron chi connectivity index (χ4n) is 5.47. The maximum absolute atomic E-state index is 2.61. The van der Waals surface area contributed by atoms with Crippen molar-refractivity contribution in [3.8, 4) is 0 Å². The average Bonchev–Trinajstić information content (AvgIpc) is 3.48. The van der Waals surface area contributed by atoms with Crippen LogP contribution < -0.4 is 0 Å². The van der Waals surface area contributed by atoms with Crippen LogP contribution >= 0.6 is 22.7 Å².